The van der Waals surface area contributed by atoms with Crippen LogP contribution in [0, 0.1) is 0 Å². The molecule has 142 valence electrons. The fourth-order valence-corrected chi connectivity index (χ4v) is 3.27. The fraction of sp³-hybridized carbons (Fsp3) is 0.333. The highest BCUT2D eigenvalue weighted by molar-refractivity contribution is 5.94. The van der Waals surface area contributed by atoms with Crippen molar-refractivity contribution in [1.29, 1.82) is 0 Å². The monoisotopic (exact) mass is 367 g/mol. The number of hydrogen-bond donors (Lipinski definition) is 3. The number of nitrogens with one attached hydrogen (secondary N) is 2. The van der Waals surface area contributed by atoms with Crippen LogP contribution in [-0.2, 0) is 11.3 Å². The van der Waals surface area contributed by atoms with Crippen molar-refractivity contribution in [2.24, 2.45) is 0 Å². The van der Waals surface area contributed by atoms with Gasteiger partial charge in [-0.2, -0.15) is 0 Å². The van der Waals surface area contributed by atoms with E-state index in [-0.39, 0.29) is 18.4 Å². The molecular formula is C21H25N3O3. The minimum absolute atomic E-state index is 0.00755. The number of amides is 2. The van der Waals surface area contributed by atoms with Crippen LogP contribution in [0.5, 0.6) is 0 Å². The molecule has 1 aliphatic rings. The highest BCUT2D eigenvalue weighted by Gasteiger charge is 2.46. The summed E-state index contributed by atoms with van der Waals surface area (Å²) in [7, 11) is 0. The Kier molecular flexibility index (Phi) is 5.58. The molecule has 1 fully saturated rings. The smallest absolute Gasteiger partial charge is 0.251 e. The molecule has 6 heteroatoms. The molecule has 2 aromatic carbocycles. The molecule has 0 radical (unpaired) electrons. The van der Waals surface area contributed by atoms with Crippen LogP contribution >= 0.6 is 0 Å². The second-order valence-corrected chi connectivity index (χ2v) is 7.23. The zero-order chi connectivity index (χ0) is 19.4. The first-order chi connectivity index (χ1) is 12.9. The second kappa shape index (κ2) is 7.90. The van der Waals surface area contributed by atoms with Gasteiger partial charge in [-0.15, -0.1) is 0 Å². The Labute approximate surface area is 159 Å². The van der Waals surface area contributed by atoms with Gasteiger partial charge in [-0.3, -0.25) is 14.9 Å². The van der Waals surface area contributed by atoms with Gasteiger partial charge in [0.25, 0.3) is 5.91 Å². The number of carbonyl (C=O) groups excluding carboxylic acids is 2. The van der Waals surface area contributed by atoms with Crippen LogP contribution < -0.4 is 10.6 Å². The molecule has 2 amide bonds. The van der Waals surface area contributed by atoms with Crippen molar-refractivity contribution < 1.29 is 14.7 Å². The van der Waals surface area contributed by atoms with Crippen molar-refractivity contribution in [3.63, 3.8) is 0 Å². The predicted octanol–water partition coefficient (Wildman–Crippen LogP) is 1.51. The van der Waals surface area contributed by atoms with Crippen molar-refractivity contribution in [1.82, 2.24) is 15.5 Å². The number of nitrogens with zero attached hydrogens (tertiary/aromatic N) is 1. The summed E-state index contributed by atoms with van der Waals surface area (Å²) >= 11 is 0. The van der Waals surface area contributed by atoms with Crippen molar-refractivity contribution >= 4 is 11.8 Å². The molecule has 0 bridgehead atoms. The lowest BCUT2D eigenvalue weighted by Crippen LogP contribution is -2.50. The summed E-state index contributed by atoms with van der Waals surface area (Å²) in [5, 5.41) is 16.4. The lowest BCUT2D eigenvalue weighted by atomic mass is 10.1. The van der Waals surface area contributed by atoms with Crippen LogP contribution in [-0.4, -0.2) is 46.2 Å². The summed E-state index contributed by atoms with van der Waals surface area (Å²) in [6.45, 7) is 4.26. The molecule has 0 saturated carbocycles. The van der Waals surface area contributed by atoms with E-state index in [4.69, 9.17) is 0 Å². The average Bonchev–Trinajstić information content (AvgIpc) is 2.91. The number of hydrogen-bond acceptors (Lipinski definition) is 4. The Bertz CT molecular complexity index is 793. The molecule has 6 nitrogen and oxygen atoms in total. The summed E-state index contributed by atoms with van der Waals surface area (Å²) < 4.78 is 0. The zero-order valence-corrected chi connectivity index (χ0v) is 15.6. The Balaban J connectivity index is 1.62. The quantitative estimate of drug-likeness (QED) is 0.723. The maximum Gasteiger partial charge on any atom is 0.251 e. The maximum atomic E-state index is 12.9. The minimum atomic E-state index is -1.02. The Morgan fingerprint density at radius 1 is 1.15 bits per heavy atom. The van der Waals surface area contributed by atoms with Gasteiger partial charge >= 0.3 is 0 Å². The molecule has 1 saturated heterocycles. The van der Waals surface area contributed by atoms with Crippen LogP contribution in [0.4, 0.5) is 0 Å². The number of aliphatic hydroxyl groups excluding tert-OH is 1. The van der Waals surface area contributed by atoms with E-state index in [2.05, 4.69) is 10.6 Å². The Hall–Kier alpha value is -2.70. The SMILES string of the molecule is CC1(C)NC(C(O)CNC(=O)c2ccccc2)C(=O)N1Cc1ccccc1. The maximum absolute atomic E-state index is 12.9. The summed E-state index contributed by atoms with van der Waals surface area (Å²) in [6, 6.07) is 17.7. The van der Waals surface area contributed by atoms with E-state index in [0.29, 0.717) is 12.1 Å². The zero-order valence-electron chi connectivity index (χ0n) is 15.6. The van der Waals surface area contributed by atoms with Gasteiger partial charge in [-0.05, 0) is 31.5 Å². The van der Waals surface area contributed by atoms with Gasteiger partial charge in [0.15, 0.2) is 0 Å². The van der Waals surface area contributed by atoms with Crippen molar-refractivity contribution in [3.05, 3.63) is 71.8 Å². The third-order valence-corrected chi connectivity index (χ3v) is 4.79. The molecule has 2 atom stereocenters. The molecule has 27 heavy (non-hydrogen) atoms. The normalized spacial score (nSPS) is 19.7. The predicted molar refractivity (Wildman–Crippen MR) is 103 cm³/mol. The standard InChI is InChI=1S/C21H25N3O3/c1-21(2)23-18(20(27)24(21)14-15-9-5-3-6-10-15)17(25)13-22-19(26)16-11-7-4-8-12-16/h3-12,17-18,23,25H,13-14H2,1-2H3,(H,22,26). The largest absolute Gasteiger partial charge is 0.389 e. The van der Waals surface area contributed by atoms with Gasteiger partial charge in [0.05, 0.1) is 11.8 Å². The van der Waals surface area contributed by atoms with Crippen molar-refractivity contribution in [3.8, 4) is 0 Å². The third kappa shape index (κ3) is 4.35. The van der Waals surface area contributed by atoms with Crippen LogP contribution in [0.2, 0.25) is 0 Å². The molecule has 3 N–H and O–H groups in total. The highest BCUT2D eigenvalue weighted by atomic mass is 16.3. The molecule has 1 heterocycles. The third-order valence-electron chi connectivity index (χ3n) is 4.79. The first-order valence-corrected chi connectivity index (χ1v) is 9.03. The van der Waals surface area contributed by atoms with Gasteiger partial charge in [-0.1, -0.05) is 48.5 Å². The topological polar surface area (TPSA) is 81.7 Å². The molecular weight excluding hydrogens is 342 g/mol. The van der Waals surface area contributed by atoms with E-state index in [9.17, 15) is 14.7 Å². The number of benzene rings is 2. The Morgan fingerprint density at radius 2 is 1.74 bits per heavy atom. The van der Waals surface area contributed by atoms with E-state index in [0.717, 1.165) is 5.56 Å². The number of carbonyl (C=O) groups is 2. The number of aliphatic hydroxyl groups is 1. The van der Waals surface area contributed by atoms with Gasteiger partial charge < -0.3 is 15.3 Å². The molecule has 2 aromatic rings. The highest BCUT2D eigenvalue weighted by Crippen LogP contribution is 2.25. The lowest BCUT2D eigenvalue weighted by Gasteiger charge is -2.31. The molecule has 0 aromatic heterocycles. The first-order valence-electron chi connectivity index (χ1n) is 9.03. The number of rotatable bonds is 6. The van der Waals surface area contributed by atoms with Gasteiger partial charge in [0.2, 0.25) is 5.91 Å². The van der Waals surface area contributed by atoms with Gasteiger partial charge in [0.1, 0.15) is 6.04 Å². The van der Waals surface area contributed by atoms with E-state index >= 15 is 0 Å². The summed E-state index contributed by atoms with van der Waals surface area (Å²) in [5.74, 6) is -0.453. The van der Waals surface area contributed by atoms with Crippen molar-refractivity contribution in [2.75, 3.05) is 6.54 Å². The summed E-state index contributed by atoms with van der Waals surface area (Å²) in [4.78, 5) is 26.7. The molecule has 1 aliphatic heterocycles. The van der Waals surface area contributed by atoms with E-state index < -0.39 is 17.8 Å². The summed E-state index contributed by atoms with van der Waals surface area (Å²) in [5.41, 5.74) is 0.942. The van der Waals surface area contributed by atoms with E-state index in [1.54, 1.807) is 29.2 Å². The van der Waals surface area contributed by atoms with Gasteiger partial charge in [0, 0.05) is 18.7 Å². The van der Waals surface area contributed by atoms with Crippen LogP contribution in [0.1, 0.15) is 29.8 Å². The van der Waals surface area contributed by atoms with Crippen molar-refractivity contribution in [2.45, 2.75) is 38.2 Å². The van der Waals surface area contributed by atoms with Gasteiger partial charge in [-0.25, -0.2) is 0 Å². The summed E-state index contributed by atoms with van der Waals surface area (Å²) in [6.07, 6.45) is -1.02. The molecule has 0 aliphatic carbocycles. The van der Waals surface area contributed by atoms with Crippen LogP contribution in [0.15, 0.2) is 60.7 Å². The van der Waals surface area contributed by atoms with Crippen LogP contribution in [0.25, 0.3) is 0 Å². The fourth-order valence-electron chi connectivity index (χ4n) is 3.27. The Morgan fingerprint density at radius 3 is 2.37 bits per heavy atom. The second-order valence-electron chi connectivity index (χ2n) is 7.23. The minimum Gasteiger partial charge on any atom is -0.389 e. The van der Waals surface area contributed by atoms with E-state index in [1.807, 2.05) is 50.2 Å². The molecule has 3 rings (SSSR count). The van der Waals surface area contributed by atoms with Crippen LogP contribution in [0.3, 0.4) is 0 Å². The molecule has 2 unspecified atom stereocenters. The molecule has 0 spiro atoms. The lowest BCUT2D eigenvalue weighted by molar-refractivity contribution is -0.133. The first kappa shape index (κ1) is 19.1. The van der Waals surface area contributed by atoms with E-state index in [1.165, 1.54) is 0 Å². The average molecular weight is 367 g/mol.